The van der Waals surface area contributed by atoms with Crippen LogP contribution in [0.5, 0.6) is 0 Å². The van der Waals surface area contributed by atoms with E-state index in [0.29, 0.717) is 37.6 Å². The summed E-state index contributed by atoms with van der Waals surface area (Å²) < 4.78 is 13.3. The number of carbonyl (C=O) groups is 1. The van der Waals surface area contributed by atoms with Crippen molar-refractivity contribution < 1.29 is 9.18 Å². The van der Waals surface area contributed by atoms with Gasteiger partial charge in [0, 0.05) is 33.1 Å². The molecule has 2 aromatic carbocycles. The van der Waals surface area contributed by atoms with E-state index in [1.165, 1.54) is 6.07 Å². The van der Waals surface area contributed by atoms with Crippen LogP contribution in [-0.4, -0.2) is 25.5 Å². The van der Waals surface area contributed by atoms with E-state index in [0.717, 1.165) is 11.1 Å². The first-order valence-electron chi connectivity index (χ1n) is 8.58. The highest BCUT2D eigenvalue weighted by Crippen LogP contribution is 2.08. The molecule has 2 aromatic rings. The van der Waals surface area contributed by atoms with Gasteiger partial charge in [-0.25, -0.2) is 4.39 Å². The molecular weight excluding hydrogens is 458 g/mol. The van der Waals surface area contributed by atoms with Crippen LogP contribution in [0.4, 0.5) is 4.39 Å². The molecule has 3 N–H and O–H groups in total. The maximum absolute atomic E-state index is 13.3. The second-order valence-corrected chi connectivity index (χ2v) is 5.95. The van der Waals surface area contributed by atoms with E-state index in [4.69, 9.17) is 0 Å². The zero-order valence-corrected chi connectivity index (χ0v) is 17.9. The van der Waals surface area contributed by atoms with Gasteiger partial charge in [0.25, 0.3) is 0 Å². The van der Waals surface area contributed by atoms with Gasteiger partial charge < -0.3 is 16.0 Å². The van der Waals surface area contributed by atoms with Crippen molar-refractivity contribution in [3.63, 3.8) is 0 Å². The number of halogens is 2. The van der Waals surface area contributed by atoms with Crippen LogP contribution in [0.25, 0.3) is 0 Å². The van der Waals surface area contributed by atoms with Crippen LogP contribution in [-0.2, 0) is 17.9 Å². The Morgan fingerprint density at radius 3 is 2.37 bits per heavy atom. The molecule has 0 heterocycles. The third kappa shape index (κ3) is 8.38. The van der Waals surface area contributed by atoms with E-state index < -0.39 is 0 Å². The van der Waals surface area contributed by atoms with Crippen LogP contribution >= 0.6 is 24.0 Å². The molecule has 0 aliphatic carbocycles. The van der Waals surface area contributed by atoms with E-state index in [9.17, 15) is 9.18 Å². The molecule has 1 amide bonds. The molecule has 0 saturated carbocycles. The molecule has 2 rings (SSSR count). The van der Waals surface area contributed by atoms with Gasteiger partial charge in [-0.2, -0.15) is 0 Å². The monoisotopic (exact) mass is 484 g/mol. The first-order valence-corrected chi connectivity index (χ1v) is 8.58. The van der Waals surface area contributed by atoms with Gasteiger partial charge >= 0.3 is 0 Å². The van der Waals surface area contributed by atoms with Crippen LogP contribution in [0.15, 0.2) is 53.5 Å². The Labute approximate surface area is 176 Å². The van der Waals surface area contributed by atoms with Gasteiger partial charge in [-0.3, -0.25) is 9.79 Å². The van der Waals surface area contributed by atoms with Gasteiger partial charge in [-0.15, -0.1) is 24.0 Å². The molecule has 0 unspecified atom stereocenters. The van der Waals surface area contributed by atoms with Crippen molar-refractivity contribution in [3.8, 4) is 0 Å². The lowest BCUT2D eigenvalue weighted by molar-refractivity contribution is -0.121. The minimum atomic E-state index is -0.210. The molecule has 5 nitrogen and oxygen atoms in total. The summed E-state index contributed by atoms with van der Waals surface area (Å²) in [6.45, 7) is 3.26. The Kier molecular flexibility index (Phi) is 10.4. The van der Waals surface area contributed by atoms with Crippen LogP contribution in [0.3, 0.4) is 0 Å². The van der Waals surface area contributed by atoms with E-state index >= 15 is 0 Å². The van der Waals surface area contributed by atoms with Crippen LogP contribution < -0.4 is 16.0 Å². The van der Waals surface area contributed by atoms with E-state index in [1.54, 1.807) is 26.1 Å². The van der Waals surface area contributed by atoms with Crippen LogP contribution in [0.1, 0.15) is 23.1 Å². The van der Waals surface area contributed by atoms with E-state index in [-0.39, 0.29) is 35.7 Å². The van der Waals surface area contributed by atoms with Crippen LogP contribution in [0.2, 0.25) is 0 Å². The molecule has 0 atom stereocenters. The molecule has 0 aliphatic rings. The number of hydrogen-bond donors (Lipinski definition) is 3. The highest BCUT2D eigenvalue weighted by molar-refractivity contribution is 14.0. The Morgan fingerprint density at radius 2 is 1.70 bits per heavy atom. The van der Waals surface area contributed by atoms with Gasteiger partial charge in [0.2, 0.25) is 5.91 Å². The summed E-state index contributed by atoms with van der Waals surface area (Å²) in [4.78, 5) is 16.0. The first kappa shape index (κ1) is 22.9. The molecule has 0 aromatic heterocycles. The van der Waals surface area contributed by atoms with Crippen LogP contribution in [0, 0.1) is 12.7 Å². The molecule has 0 saturated heterocycles. The molecule has 0 aliphatic heterocycles. The Balaban J connectivity index is 0.00000364. The first-order chi connectivity index (χ1) is 12.6. The van der Waals surface area contributed by atoms with Crippen molar-refractivity contribution in [1.82, 2.24) is 16.0 Å². The lowest BCUT2D eigenvalue weighted by Crippen LogP contribution is -2.38. The fraction of sp³-hybridized carbons (Fsp3) is 0.300. The second-order valence-electron chi connectivity index (χ2n) is 5.95. The summed E-state index contributed by atoms with van der Waals surface area (Å²) >= 11 is 0. The molecule has 0 fully saturated rings. The maximum atomic E-state index is 13.3. The number of guanidine groups is 1. The average Bonchev–Trinajstić information content (AvgIpc) is 2.66. The number of benzene rings is 2. The molecule has 27 heavy (non-hydrogen) atoms. The zero-order chi connectivity index (χ0) is 18.8. The fourth-order valence-electron chi connectivity index (χ4n) is 2.40. The number of hydrogen-bond acceptors (Lipinski definition) is 2. The van der Waals surface area contributed by atoms with Crippen molar-refractivity contribution in [2.24, 2.45) is 4.99 Å². The number of nitrogens with one attached hydrogen (secondary N) is 3. The van der Waals surface area contributed by atoms with E-state index in [2.05, 4.69) is 20.9 Å². The lowest BCUT2D eigenvalue weighted by Gasteiger charge is -2.12. The molecule has 0 spiro atoms. The van der Waals surface area contributed by atoms with Crippen molar-refractivity contribution in [3.05, 3.63) is 71.0 Å². The third-order valence-corrected chi connectivity index (χ3v) is 3.88. The Hall–Kier alpha value is -2.16. The van der Waals surface area contributed by atoms with E-state index in [1.807, 2.05) is 30.3 Å². The number of nitrogens with zero attached hydrogens (tertiary/aromatic N) is 1. The minimum Gasteiger partial charge on any atom is -0.356 e. The highest BCUT2D eigenvalue weighted by Gasteiger charge is 2.04. The standard InChI is InChI=1S/C20H25FN4O.HI/c1-15-12-17(8-9-18(15)21)14-25-20(22-2)23-11-10-19(26)24-13-16-6-4-3-5-7-16;/h3-9,12H,10-11,13-14H2,1-2H3,(H,24,26)(H2,22,23,25);1H. The molecular formula is C20H26FIN4O. The van der Waals surface area contributed by atoms with Crippen molar-refractivity contribution in [1.29, 1.82) is 0 Å². The van der Waals surface area contributed by atoms with Crippen molar-refractivity contribution in [2.75, 3.05) is 13.6 Å². The topological polar surface area (TPSA) is 65.5 Å². The number of carbonyl (C=O) groups excluding carboxylic acids is 1. The van der Waals surface area contributed by atoms with Gasteiger partial charge in [0.05, 0.1) is 0 Å². The summed E-state index contributed by atoms with van der Waals surface area (Å²) in [7, 11) is 1.67. The lowest BCUT2D eigenvalue weighted by atomic mass is 10.1. The third-order valence-electron chi connectivity index (χ3n) is 3.88. The molecule has 7 heteroatoms. The smallest absolute Gasteiger partial charge is 0.222 e. The van der Waals surface area contributed by atoms with Gasteiger partial charge in [0.15, 0.2) is 5.96 Å². The largest absolute Gasteiger partial charge is 0.356 e. The number of rotatable bonds is 7. The van der Waals surface area contributed by atoms with Gasteiger partial charge in [0.1, 0.15) is 5.82 Å². The fourth-order valence-corrected chi connectivity index (χ4v) is 2.40. The molecule has 0 bridgehead atoms. The summed E-state index contributed by atoms with van der Waals surface area (Å²) in [6, 6.07) is 14.8. The summed E-state index contributed by atoms with van der Waals surface area (Å²) in [6.07, 6.45) is 0.350. The number of amides is 1. The average molecular weight is 484 g/mol. The predicted molar refractivity (Wildman–Crippen MR) is 118 cm³/mol. The molecule has 146 valence electrons. The number of aliphatic imine (C=N–C) groups is 1. The Morgan fingerprint density at radius 1 is 1.00 bits per heavy atom. The zero-order valence-electron chi connectivity index (χ0n) is 15.6. The summed E-state index contributed by atoms with van der Waals surface area (Å²) in [5, 5.41) is 9.13. The maximum Gasteiger partial charge on any atom is 0.222 e. The predicted octanol–water partition coefficient (Wildman–Crippen LogP) is 3.12. The summed E-state index contributed by atoms with van der Waals surface area (Å²) in [5.74, 6) is 0.367. The minimum absolute atomic E-state index is 0. The molecule has 0 radical (unpaired) electrons. The van der Waals surface area contributed by atoms with Gasteiger partial charge in [-0.1, -0.05) is 42.5 Å². The normalized spacial score (nSPS) is 10.7. The van der Waals surface area contributed by atoms with Crippen molar-refractivity contribution in [2.45, 2.75) is 26.4 Å². The quantitative estimate of drug-likeness (QED) is 0.322. The van der Waals surface area contributed by atoms with Crippen molar-refractivity contribution >= 4 is 35.8 Å². The number of aryl methyl sites for hydroxylation is 1. The highest BCUT2D eigenvalue weighted by atomic mass is 127. The Bertz CT molecular complexity index is 753. The SMILES string of the molecule is CN=C(NCCC(=O)NCc1ccccc1)NCc1ccc(F)c(C)c1.I. The van der Waals surface area contributed by atoms with Gasteiger partial charge in [-0.05, 0) is 29.7 Å². The summed E-state index contributed by atoms with van der Waals surface area (Å²) in [5.41, 5.74) is 2.65. The second kappa shape index (κ2) is 12.3.